The van der Waals surface area contributed by atoms with Crippen LogP contribution in [0.15, 0.2) is 66.7 Å². The Morgan fingerprint density at radius 3 is 2.26 bits per heavy atom. The molecule has 0 unspecified atom stereocenters. The van der Waals surface area contributed by atoms with Crippen LogP contribution < -0.4 is 20.1 Å². The molecule has 0 radical (unpaired) electrons. The van der Waals surface area contributed by atoms with Crippen LogP contribution in [0.2, 0.25) is 5.02 Å². The lowest BCUT2D eigenvalue weighted by Gasteiger charge is -2.22. The second-order valence-electron chi connectivity index (χ2n) is 7.78. The van der Waals surface area contributed by atoms with E-state index >= 15 is 0 Å². The Morgan fingerprint density at radius 1 is 1.03 bits per heavy atom. The summed E-state index contributed by atoms with van der Waals surface area (Å²) in [6.45, 7) is -0.0478. The van der Waals surface area contributed by atoms with Gasteiger partial charge in [-0.15, -0.1) is 0 Å². The van der Waals surface area contributed by atoms with Crippen LogP contribution in [0, 0.1) is 0 Å². The fourth-order valence-electron chi connectivity index (χ4n) is 3.30. The zero-order chi connectivity index (χ0) is 25.6. The van der Waals surface area contributed by atoms with Crippen molar-refractivity contribution in [1.29, 1.82) is 0 Å². The van der Waals surface area contributed by atoms with Crippen LogP contribution in [0.25, 0.3) is 0 Å². The molecule has 1 amide bonds. The van der Waals surface area contributed by atoms with Crippen LogP contribution in [-0.4, -0.2) is 44.4 Å². The molecule has 0 aliphatic heterocycles. The number of carbonyl (C=O) groups excluding carboxylic acids is 1. The smallest absolute Gasteiger partial charge is 0.246 e. The maximum atomic E-state index is 13.1. The number of rotatable bonds is 10. The molecule has 2 atom stereocenters. The van der Waals surface area contributed by atoms with E-state index in [4.69, 9.17) is 16.3 Å². The summed E-state index contributed by atoms with van der Waals surface area (Å²) in [6, 6.07) is 16.8. The van der Waals surface area contributed by atoms with E-state index < -0.39 is 22.2 Å². The summed E-state index contributed by atoms with van der Waals surface area (Å²) >= 11 is 5.92. The van der Waals surface area contributed by atoms with E-state index in [2.05, 4.69) is 15.4 Å². The Labute approximate surface area is 208 Å². The molecule has 186 valence electrons. The number of hydrogen-bond acceptors (Lipinski definition) is 7. The van der Waals surface area contributed by atoms with Gasteiger partial charge in [-0.25, -0.2) is 8.42 Å². The monoisotopic (exact) mass is 519 g/mol. The summed E-state index contributed by atoms with van der Waals surface area (Å²) in [5.74, 6) is -0.0201. The zero-order valence-electron chi connectivity index (χ0n) is 19.0. The molecule has 11 heteroatoms. The van der Waals surface area contributed by atoms with E-state index in [1.165, 1.54) is 18.2 Å². The number of sulfonamides is 1. The fourth-order valence-corrected chi connectivity index (χ4v) is 3.98. The summed E-state index contributed by atoms with van der Waals surface area (Å²) < 4.78 is 30.5. The van der Waals surface area contributed by atoms with Crippen molar-refractivity contribution >= 4 is 38.9 Å². The predicted octanol–water partition coefficient (Wildman–Crippen LogP) is 3.43. The quantitative estimate of drug-likeness (QED) is 0.259. The van der Waals surface area contributed by atoms with Gasteiger partial charge in [0.1, 0.15) is 17.5 Å². The van der Waals surface area contributed by atoms with Crippen LogP contribution in [-0.2, 0) is 14.8 Å². The normalized spacial score (nSPS) is 13.0. The van der Waals surface area contributed by atoms with Crippen molar-refractivity contribution < 1.29 is 28.2 Å². The third kappa shape index (κ3) is 7.59. The number of amides is 1. The van der Waals surface area contributed by atoms with Crippen molar-refractivity contribution in [2.24, 2.45) is 0 Å². The number of phenols is 1. The number of phenolic OH excluding ortho intramolecular Hbond substituents is 1. The molecule has 3 aromatic carbocycles. The standard InChI is InChI=1S/C24H26ClN3O6S/c1-34-19-10-3-15(4-11-19)23(24(31)27-18-8-6-17(25)7-9-18)26-14-22(30)16-5-12-21(29)20(13-16)28-35(2,32)33/h3-13,22-23,26,28-30H,14H2,1-2H3,(H,27,31)/t22-,23-/m0/s1. The number of anilines is 2. The molecule has 0 saturated heterocycles. The molecule has 0 heterocycles. The van der Waals surface area contributed by atoms with Gasteiger partial charge >= 0.3 is 0 Å². The number of methoxy groups -OCH3 is 1. The second-order valence-corrected chi connectivity index (χ2v) is 9.96. The first-order valence-corrected chi connectivity index (χ1v) is 12.7. The van der Waals surface area contributed by atoms with Crippen molar-refractivity contribution in [2.75, 3.05) is 29.9 Å². The number of aromatic hydroxyl groups is 1. The SMILES string of the molecule is COc1ccc([C@H](NC[C@H](O)c2ccc(O)c(NS(C)(=O)=O)c2)C(=O)Nc2ccc(Cl)cc2)cc1. The van der Waals surface area contributed by atoms with Gasteiger partial charge in [0.15, 0.2) is 0 Å². The van der Waals surface area contributed by atoms with Crippen molar-refractivity contribution in [3.8, 4) is 11.5 Å². The molecule has 0 bridgehead atoms. The first-order valence-electron chi connectivity index (χ1n) is 10.5. The third-order valence-electron chi connectivity index (χ3n) is 5.04. The van der Waals surface area contributed by atoms with E-state index in [0.717, 1.165) is 6.26 Å². The maximum absolute atomic E-state index is 13.1. The third-order valence-corrected chi connectivity index (χ3v) is 5.88. The number of nitrogens with one attached hydrogen (secondary N) is 3. The average Bonchev–Trinajstić information content (AvgIpc) is 2.81. The first kappa shape index (κ1) is 26.3. The molecule has 9 nitrogen and oxygen atoms in total. The van der Waals surface area contributed by atoms with Crippen molar-refractivity contribution in [1.82, 2.24) is 5.32 Å². The van der Waals surface area contributed by atoms with Crippen LogP contribution in [0.1, 0.15) is 23.3 Å². The topological polar surface area (TPSA) is 137 Å². The Balaban J connectivity index is 1.79. The molecule has 0 aliphatic carbocycles. The zero-order valence-corrected chi connectivity index (χ0v) is 20.6. The Bertz CT molecular complexity index is 1270. The summed E-state index contributed by atoms with van der Waals surface area (Å²) in [5.41, 5.74) is 1.47. The molecule has 0 spiro atoms. The lowest BCUT2D eigenvalue weighted by Crippen LogP contribution is -2.35. The molecule has 3 aromatic rings. The molecule has 5 N–H and O–H groups in total. The number of ether oxygens (including phenoxy) is 1. The predicted molar refractivity (Wildman–Crippen MR) is 135 cm³/mol. The number of halogens is 1. The Morgan fingerprint density at radius 2 is 1.66 bits per heavy atom. The molecule has 0 aromatic heterocycles. The van der Waals surface area contributed by atoms with Gasteiger partial charge in [-0.1, -0.05) is 29.8 Å². The van der Waals surface area contributed by atoms with Gasteiger partial charge in [0.25, 0.3) is 0 Å². The molecule has 0 saturated carbocycles. The van der Waals surface area contributed by atoms with Crippen LogP contribution in [0.3, 0.4) is 0 Å². The molecule has 0 aliphatic rings. The van der Waals surface area contributed by atoms with Crippen molar-refractivity contribution in [2.45, 2.75) is 12.1 Å². The van der Waals surface area contributed by atoms with Gasteiger partial charge in [-0.3, -0.25) is 14.8 Å². The lowest BCUT2D eigenvalue weighted by atomic mass is 10.0. The summed E-state index contributed by atoms with van der Waals surface area (Å²) in [7, 11) is -2.09. The highest BCUT2D eigenvalue weighted by atomic mass is 35.5. The maximum Gasteiger partial charge on any atom is 0.246 e. The largest absolute Gasteiger partial charge is 0.506 e. The van der Waals surface area contributed by atoms with E-state index in [1.807, 2.05) is 0 Å². The molecule has 0 fully saturated rings. The molecular formula is C24H26ClN3O6S. The number of aliphatic hydroxyl groups excluding tert-OH is 1. The lowest BCUT2D eigenvalue weighted by molar-refractivity contribution is -0.118. The van der Waals surface area contributed by atoms with Crippen LogP contribution in [0.5, 0.6) is 11.5 Å². The van der Waals surface area contributed by atoms with Gasteiger partial charge in [0, 0.05) is 17.3 Å². The highest BCUT2D eigenvalue weighted by Crippen LogP contribution is 2.28. The Kier molecular flexibility index (Phi) is 8.57. The number of hydrogen-bond donors (Lipinski definition) is 5. The highest BCUT2D eigenvalue weighted by Gasteiger charge is 2.23. The molecule has 3 rings (SSSR count). The van der Waals surface area contributed by atoms with Gasteiger partial charge in [0.05, 0.1) is 25.2 Å². The van der Waals surface area contributed by atoms with Gasteiger partial charge < -0.3 is 20.3 Å². The van der Waals surface area contributed by atoms with E-state index in [0.29, 0.717) is 27.6 Å². The minimum atomic E-state index is -3.63. The van der Waals surface area contributed by atoms with Gasteiger partial charge in [0.2, 0.25) is 15.9 Å². The minimum absolute atomic E-state index is 0.0478. The van der Waals surface area contributed by atoms with Gasteiger partial charge in [-0.05, 0) is 59.7 Å². The van der Waals surface area contributed by atoms with E-state index in [9.17, 15) is 23.4 Å². The average molecular weight is 520 g/mol. The molecule has 35 heavy (non-hydrogen) atoms. The van der Waals surface area contributed by atoms with E-state index in [-0.39, 0.29) is 23.9 Å². The van der Waals surface area contributed by atoms with Crippen molar-refractivity contribution in [3.05, 3.63) is 82.9 Å². The molecular weight excluding hydrogens is 494 g/mol. The number of benzene rings is 3. The highest BCUT2D eigenvalue weighted by molar-refractivity contribution is 7.92. The van der Waals surface area contributed by atoms with Crippen LogP contribution in [0.4, 0.5) is 11.4 Å². The summed E-state index contributed by atoms with van der Waals surface area (Å²) in [5, 5.41) is 27.1. The first-order chi connectivity index (χ1) is 16.6. The second kappa shape index (κ2) is 11.4. The summed E-state index contributed by atoms with van der Waals surface area (Å²) in [4.78, 5) is 13.1. The van der Waals surface area contributed by atoms with E-state index in [1.54, 1.807) is 55.6 Å². The minimum Gasteiger partial charge on any atom is -0.506 e. The van der Waals surface area contributed by atoms with Crippen LogP contribution >= 0.6 is 11.6 Å². The van der Waals surface area contributed by atoms with Gasteiger partial charge in [-0.2, -0.15) is 0 Å². The number of carbonyl (C=O) groups is 1. The van der Waals surface area contributed by atoms with Crippen molar-refractivity contribution in [3.63, 3.8) is 0 Å². The fraction of sp³-hybridized carbons (Fsp3) is 0.208. The Hall–Kier alpha value is -3.31. The summed E-state index contributed by atoms with van der Waals surface area (Å²) in [6.07, 6.45) is -0.157. The number of aliphatic hydroxyl groups is 1.